The summed E-state index contributed by atoms with van der Waals surface area (Å²) >= 11 is 0. The molecule has 2 aliphatic carbocycles. The first kappa shape index (κ1) is 14.0. The van der Waals surface area contributed by atoms with Crippen LogP contribution in [0.3, 0.4) is 0 Å². The first-order valence-electron chi connectivity index (χ1n) is 7.28. The fraction of sp³-hybridized carbons (Fsp3) is 0.846. The van der Waals surface area contributed by atoms with Crippen LogP contribution in [0.1, 0.15) is 70.2 Å². The van der Waals surface area contributed by atoms with Gasteiger partial charge in [-0.2, -0.15) is 0 Å². The van der Waals surface area contributed by atoms with Gasteiger partial charge in [-0.05, 0) is 31.1 Å². The van der Waals surface area contributed by atoms with Gasteiger partial charge in [-0.15, -0.1) is 10.2 Å². The Bertz CT molecular complexity index is 616. The van der Waals surface area contributed by atoms with Gasteiger partial charge in [0.25, 0.3) is 15.2 Å². The van der Waals surface area contributed by atoms with Gasteiger partial charge in [0.1, 0.15) is 5.82 Å². The van der Waals surface area contributed by atoms with Gasteiger partial charge >= 0.3 is 0 Å². The van der Waals surface area contributed by atoms with Gasteiger partial charge in [-0.25, -0.2) is 13.6 Å². The van der Waals surface area contributed by atoms with Crippen LogP contribution in [-0.4, -0.2) is 23.2 Å². The lowest BCUT2D eigenvalue weighted by molar-refractivity contribution is 0.187. The molecule has 1 heterocycles. The van der Waals surface area contributed by atoms with E-state index in [1.807, 2.05) is 0 Å². The number of primary sulfonamides is 1. The molecule has 0 saturated heterocycles. The van der Waals surface area contributed by atoms with Crippen molar-refractivity contribution in [2.75, 3.05) is 0 Å². The van der Waals surface area contributed by atoms with Crippen molar-refractivity contribution in [2.45, 2.75) is 69.5 Å². The summed E-state index contributed by atoms with van der Waals surface area (Å²) < 4.78 is 25.2. The third-order valence-electron chi connectivity index (χ3n) is 4.68. The lowest BCUT2D eigenvalue weighted by atomic mass is 9.68. The molecule has 0 aromatic carbocycles. The number of aromatic nitrogens is 3. The Hall–Kier alpha value is -0.950. The zero-order chi connectivity index (χ0) is 14.5. The predicted octanol–water partition coefficient (Wildman–Crippen LogP) is 1.94. The molecule has 2 N–H and O–H groups in total. The molecule has 1 atom stereocenters. The van der Waals surface area contributed by atoms with Gasteiger partial charge in [0.05, 0.1) is 0 Å². The molecule has 7 heteroatoms. The molecular weight excluding hydrogens is 276 g/mol. The highest BCUT2D eigenvalue weighted by molar-refractivity contribution is 7.89. The summed E-state index contributed by atoms with van der Waals surface area (Å²) in [7, 11) is -3.80. The first-order valence-corrected chi connectivity index (χ1v) is 8.83. The van der Waals surface area contributed by atoms with E-state index in [1.54, 1.807) is 4.57 Å². The monoisotopic (exact) mass is 298 g/mol. The molecule has 0 radical (unpaired) electrons. The van der Waals surface area contributed by atoms with E-state index in [1.165, 1.54) is 6.42 Å². The average Bonchev–Trinajstić information content (AvgIpc) is 3.07. The van der Waals surface area contributed by atoms with Gasteiger partial charge in [-0.3, -0.25) is 4.57 Å². The van der Waals surface area contributed by atoms with Crippen molar-refractivity contribution < 1.29 is 8.42 Å². The topological polar surface area (TPSA) is 90.9 Å². The van der Waals surface area contributed by atoms with Crippen molar-refractivity contribution in [1.29, 1.82) is 0 Å². The summed E-state index contributed by atoms with van der Waals surface area (Å²) in [6.45, 7) is 4.47. The standard InChI is InChI=1S/C13H22N4O2S/c1-13(2)8-4-3-5-10(13)11-15-16-12(20(14,18)19)17(11)9-6-7-9/h9-10H,3-8H2,1-2H3,(H2,14,18,19). The molecular formula is C13H22N4O2S. The summed E-state index contributed by atoms with van der Waals surface area (Å²) in [6.07, 6.45) is 6.54. The van der Waals surface area contributed by atoms with E-state index in [4.69, 9.17) is 5.14 Å². The predicted molar refractivity (Wildman–Crippen MR) is 74.7 cm³/mol. The number of sulfonamides is 1. The molecule has 1 aromatic rings. The molecule has 0 bridgehead atoms. The summed E-state index contributed by atoms with van der Waals surface area (Å²) in [5.41, 5.74) is 0.132. The molecule has 2 saturated carbocycles. The molecule has 0 aliphatic heterocycles. The maximum atomic E-state index is 11.7. The fourth-order valence-electron chi connectivity index (χ4n) is 3.37. The minimum atomic E-state index is -3.80. The van der Waals surface area contributed by atoms with Crippen LogP contribution in [0, 0.1) is 5.41 Å². The summed E-state index contributed by atoms with van der Waals surface area (Å²) in [6, 6.07) is 0.214. The average molecular weight is 298 g/mol. The Labute approximate surface area is 119 Å². The number of nitrogens with zero attached hydrogens (tertiary/aromatic N) is 3. The van der Waals surface area contributed by atoms with Gasteiger partial charge in [-0.1, -0.05) is 26.7 Å². The summed E-state index contributed by atoms with van der Waals surface area (Å²) in [5.74, 6) is 1.08. The fourth-order valence-corrected chi connectivity index (χ4v) is 4.04. The molecule has 20 heavy (non-hydrogen) atoms. The number of hydrogen-bond donors (Lipinski definition) is 1. The van der Waals surface area contributed by atoms with Crippen LogP contribution in [0.2, 0.25) is 0 Å². The number of rotatable bonds is 3. The Kier molecular flexibility index (Phi) is 3.17. The SMILES string of the molecule is CC1(C)CCCCC1c1nnc(S(N)(=O)=O)n1C1CC1. The third-order valence-corrected chi connectivity index (χ3v) is 5.46. The van der Waals surface area contributed by atoms with Crippen LogP contribution < -0.4 is 5.14 Å². The smallest absolute Gasteiger partial charge is 0.273 e. The quantitative estimate of drug-likeness (QED) is 0.923. The molecule has 0 amide bonds. The molecule has 112 valence electrons. The van der Waals surface area contributed by atoms with Crippen molar-refractivity contribution in [3.63, 3.8) is 0 Å². The lowest BCUT2D eigenvalue weighted by Gasteiger charge is -2.38. The van der Waals surface area contributed by atoms with E-state index in [2.05, 4.69) is 24.0 Å². The third kappa shape index (κ3) is 2.37. The highest BCUT2D eigenvalue weighted by Gasteiger charge is 2.41. The minimum absolute atomic E-state index is 0.0589. The Balaban J connectivity index is 2.08. The maximum Gasteiger partial charge on any atom is 0.273 e. The molecule has 0 spiro atoms. The zero-order valence-electron chi connectivity index (χ0n) is 12.0. The van der Waals surface area contributed by atoms with Crippen molar-refractivity contribution >= 4 is 10.0 Å². The van der Waals surface area contributed by atoms with Crippen molar-refractivity contribution in [2.24, 2.45) is 10.6 Å². The van der Waals surface area contributed by atoms with Crippen molar-refractivity contribution in [1.82, 2.24) is 14.8 Å². The first-order chi connectivity index (χ1) is 9.31. The molecule has 1 unspecified atom stereocenters. The van der Waals surface area contributed by atoms with Crippen LogP contribution in [0.25, 0.3) is 0 Å². The Morgan fingerprint density at radius 2 is 1.90 bits per heavy atom. The molecule has 2 fully saturated rings. The highest BCUT2D eigenvalue weighted by atomic mass is 32.2. The molecule has 6 nitrogen and oxygen atoms in total. The highest BCUT2D eigenvalue weighted by Crippen LogP contribution is 2.48. The van der Waals surface area contributed by atoms with Gasteiger partial charge in [0.2, 0.25) is 0 Å². The van der Waals surface area contributed by atoms with E-state index >= 15 is 0 Å². The van der Waals surface area contributed by atoms with E-state index in [-0.39, 0.29) is 22.5 Å². The Morgan fingerprint density at radius 3 is 2.45 bits per heavy atom. The molecule has 1 aromatic heterocycles. The maximum absolute atomic E-state index is 11.7. The van der Waals surface area contributed by atoms with Crippen LogP contribution in [0.5, 0.6) is 0 Å². The van der Waals surface area contributed by atoms with Crippen LogP contribution in [-0.2, 0) is 10.0 Å². The second-order valence-corrected chi connectivity index (χ2v) is 8.23. The van der Waals surface area contributed by atoms with Crippen LogP contribution in [0.4, 0.5) is 0 Å². The van der Waals surface area contributed by atoms with E-state index in [0.29, 0.717) is 0 Å². The Morgan fingerprint density at radius 1 is 1.20 bits per heavy atom. The summed E-state index contributed by atoms with van der Waals surface area (Å²) in [4.78, 5) is 0. The zero-order valence-corrected chi connectivity index (χ0v) is 12.9. The van der Waals surface area contributed by atoms with E-state index in [0.717, 1.165) is 37.9 Å². The summed E-state index contributed by atoms with van der Waals surface area (Å²) in [5, 5.41) is 13.3. The van der Waals surface area contributed by atoms with Crippen molar-refractivity contribution in [3.8, 4) is 0 Å². The molecule has 2 aliphatic rings. The van der Waals surface area contributed by atoms with Crippen LogP contribution >= 0.6 is 0 Å². The second kappa shape index (κ2) is 4.53. The second-order valence-electron chi connectivity index (χ2n) is 6.77. The van der Waals surface area contributed by atoms with Gasteiger partial charge in [0, 0.05) is 12.0 Å². The van der Waals surface area contributed by atoms with Gasteiger partial charge < -0.3 is 0 Å². The number of hydrogen-bond acceptors (Lipinski definition) is 4. The van der Waals surface area contributed by atoms with E-state index in [9.17, 15) is 8.42 Å². The normalized spacial score (nSPS) is 26.6. The van der Waals surface area contributed by atoms with Crippen LogP contribution in [0.15, 0.2) is 5.16 Å². The van der Waals surface area contributed by atoms with Crippen molar-refractivity contribution in [3.05, 3.63) is 5.82 Å². The molecule has 3 rings (SSSR count). The van der Waals surface area contributed by atoms with E-state index < -0.39 is 10.0 Å². The largest absolute Gasteiger partial charge is 0.297 e. The van der Waals surface area contributed by atoms with Gasteiger partial charge in [0.15, 0.2) is 0 Å². The number of nitrogens with two attached hydrogens (primary N) is 1. The minimum Gasteiger partial charge on any atom is -0.297 e. The lowest BCUT2D eigenvalue weighted by Crippen LogP contribution is -2.29.